The van der Waals surface area contributed by atoms with E-state index >= 15 is 0 Å². The molecule has 186 valence electrons. The number of hydrogen-bond acceptors (Lipinski definition) is 4. The Morgan fingerprint density at radius 2 is 1.23 bits per heavy atom. The topological polar surface area (TPSA) is 58.6 Å². The second-order valence-electron chi connectivity index (χ2n) is 9.30. The Morgan fingerprint density at radius 3 is 1.81 bits per heavy atom. The molecular formula is C27H55NO3. The molecule has 0 saturated heterocycles. The van der Waals surface area contributed by atoms with Crippen LogP contribution in [0.4, 0.5) is 0 Å². The fraction of sp³-hybridized carbons (Fsp3) is 0.963. The normalized spacial score (nSPS) is 11.4. The largest absolute Gasteiger partial charge is 0.465 e. The molecule has 0 aliphatic carbocycles. The van der Waals surface area contributed by atoms with Gasteiger partial charge in [0.25, 0.3) is 0 Å². The minimum Gasteiger partial charge on any atom is -0.465 e. The zero-order valence-electron chi connectivity index (χ0n) is 21.1. The van der Waals surface area contributed by atoms with Gasteiger partial charge in [-0.15, -0.1) is 0 Å². The third-order valence-electron chi connectivity index (χ3n) is 6.16. The first-order chi connectivity index (χ1) is 15.2. The maximum Gasteiger partial charge on any atom is 0.305 e. The minimum atomic E-state index is -0.0101. The fourth-order valence-corrected chi connectivity index (χ4v) is 4.05. The number of carbonyl (C=O) groups is 1. The molecule has 4 heteroatoms. The minimum absolute atomic E-state index is 0.0101. The number of esters is 1. The molecule has 0 unspecified atom stereocenters. The van der Waals surface area contributed by atoms with Crippen LogP contribution in [-0.4, -0.2) is 37.4 Å². The van der Waals surface area contributed by atoms with Crippen molar-refractivity contribution in [1.82, 2.24) is 5.32 Å². The maximum absolute atomic E-state index is 12.2. The van der Waals surface area contributed by atoms with Crippen LogP contribution in [0.1, 0.15) is 136 Å². The Hall–Kier alpha value is -0.610. The number of carbonyl (C=O) groups excluding carboxylic acids is 1. The van der Waals surface area contributed by atoms with Crippen LogP contribution in [0.2, 0.25) is 0 Å². The van der Waals surface area contributed by atoms with Gasteiger partial charge in [-0.2, -0.15) is 0 Å². The van der Waals surface area contributed by atoms with Gasteiger partial charge in [0.15, 0.2) is 0 Å². The zero-order valence-corrected chi connectivity index (χ0v) is 21.1. The van der Waals surface area contributed by atoms with E-state index in [0.29, 0.717) is 18.9 Å². The molecular weight excluding hydrogens is 386 g/mol. The smallest absolute Gasteiger partial charge is 0.305 e. The fourth-order valence-electron chi connectivity index (χ4n) is 4.05. The molecule has 0 fully saturated rings. The maximum atomic E-state index is 12.2. The second-order valence-corrected chi connectivity index (χ2v) is 9.30. The Morgan fingerprint density at radius 1 is 0.710 bits per heavy atom. The van der Waals surface area contributed by atoms with Gasteiger partial charge >= 0.3 is 5.97 Å². The highest BCUT2D eigenvalue weighted by molar-refractivity contribution is 5.69. The first-order valence-corrected chi connectivity index (χ1v) is 13.7. The molecule has 0 spiro atoms. The van der Waals surface area contributed by atoms with Crippen LogP contribution in [-0.2, 0) is 9.53 Å². The number of aliphatic hydroxyl groups is 1. The molecule has 0 heterocycles. The van der Waals surface area contributed by atoms with E-state index in [1.165, 1.54) is 89.9 Å². The number of nitrogens with one attached hydrogen (secondary N) is 1. The molecule has 0 amide bonds. The second kappa shape index (κ2) is 25.6. The van der Waals surface area contributed by atoms with Crippen molar-refractivity contribution >= 4 is 5.97 Å². The monoisotopic (exact) mass is 441 g/mol. The summed E-state index contributed by atoms with van der Waals surface area (Å²) in [6.45, 7) is 7.25. The van der Waals surface area contributed by atoms with Crippen LogP contribution in [0.25, 0.3) is 0 Å². The molecule has 0 radical (unpaired) electrons. The molecule has 31 heavy (non-hydrogen) atoms. The van der Waals surface area contributed by atoms with Gasteiger partial charge in [0, 0.05) is 13.0 Å². The highest BCUT2D eigenvalue weighted by Gasteiger charge is 2.12. The van der Waals surface area contributed by atoms with Crippen LogP contribution in [0.15, 0.2) is 0 Å². The summed E-state index contributed by atoms with van der Waals surface area (Å²) in [7, 11) is 0. The van der Waals surface area contributed by atoms with Gasteiger partial charge < -0.3 is 15.2 Å². The summed E-state index contributed by atoms with van der Waals surface area (Å²) in [5, 5.41) is 12.1. The van der Waals surface area contributed by atoms with Crippen LogP contribution in [0.3, 0.4) is 0 Å². The van der Waals surface area contributed by atoms with E-state index in [1.807, 2.05) is 0 Å². The number of aliphatic hydroxyl groups excluding tert-OH is 1. The predicted molar refractivity (Wildman–Crippen MR) is 133 cm³/mol. The van der Waals surface area contributed by atoms with E-state index < -0.39 is 0 Å². The Balaban J connectivity index is 3.92. The van der Waals surface area contributed by atoms with E-state index in [-0.39, 0.29) is 12.6 Å². The number of unbranched alkanes of at least 4 members (excludes halogenated alkanes) is 12. The van der Waals surface area contributed by atoms with E-state index in [2.05, 4.69) is 19.2 Å². The Kier molecular flexibility index (Phi) is 25.1. The van der Waals surface area contributed by atoms with Gasteiger partial charge in [0.05, 0.1) is 6.61 Å². The van der Waals surface area contributed by atoms with Crippen molar-refractivity contribution in [2.24, 2.45) is 5.92 Å². The molecule has 0 aliphatic heterocycles. The van der Waals surface area contributed by atoms with Gasteiger partial charge in [-0.05, 0) is 51.1 Å². The van der Waals surface area contributed by atoms with Crippen molar-refractivity contribution in [3.05, 3.63) is 0 Å². The quantitative estimate of drug-likeness (QED) is 0.116. The number of ether oxygens (including phenoxy) is 1. The Labute approximate surface area is 194 Å². The van der Waals surface area contributed by atoms with Gasteiger partial charge in [-0.1, -0.05) is 97.3 Å². The molecule has 0 aromatic carbocycles. The average Bonchev–Trinajstić information content (AvgIpc) is 2.77. The van der Waals surface area contributed by atoms with Crippen molar-refractivity contribution in [3.63, 3.8) is 0 Å². The molecule has 4 nitrogen and oxygen atoms in total. The Bertz CT molecular complexity index is 346. The molecule has 2 N–H and O–H groups in total. The summed E-state index contributed by atoms with van der Waals surface area (Å²) in [6, 6.07) is 0. The lowest BCUT2D eigenvalue weighted by molar-refractivity contribution is -0.145. The van der Waals surface area contributed by atoms with Crippen LogP contribution < -0.4 is 5.32 Å². The molecule has 0 aliphatic rings. The third kappa shape index (κ3) is 23.9. The van der Waals surface area contributed by atoms with Gasteiger partial charge in [0.2, 0.25) is 0 Å². The summed E-state index contributed by atoms with van der Waals surface area (Å²) >= 11 is 0. The standard InChI is InChI=1S/C27H55NO3/c1-3-5-7-9-11-14-19-26(20-15-12-10-8-6-4-2)25-31-27(30)21-16-13-17-22-28-23-18-24-29/h26,28-29H,3-25H2,1-2H3. The van der Waals surface area contributed by atoms with Crippen molar-refractivity contribution in [2.75, 3.05) is 26.3 Å². The van der Waals surface area contributed by atoms with Crippen molar-refractivity contribution in [2.45, 2.75) is 136 Å². The van der Waals surface area contributed by atoms with Gasteiger partial charge in [0.1, 0.15) is 0 Å². The molecule has 0 rings (SSSR count). The van der Waals surface area contributed by atoms with Crippen molar-refractivity contribution in [1.29, 1.82) is 0 Å². The predicted octanol–water partition coefficient (Wildman–Crippen LogP) is 7.18. The molecule has 0 aromatic heterocycles. The lowest BCUT2D eigenvalue weighted by Crippen LogP contribution is -2.17. The van der Waals surface area contributed by atoms with E-state index in [9.17, 15) is 4.79 Å². The summed E-state index contributed by atoms with van der Waals surface area (Å²) < 4.78 is 5.67. The van der Waals surface area contributed by atoms with Crippen molar-refractivity contribution in [3.8, 4) is 0 Å². The summed E-state index contributed by atoms with van der Waals surface area (Å²) in [6.07, 6.45) is 22.8. The third-order valence-corrected chi connectivity index (χ3v) is 6.16. The molecule has 0 bridgehead atoms. The lowest BCUT2D eigenvalue weighted by atomic mass is 9.94. The van der Waals surface area contributed by atoms with Gasteiger partial charge in [-0.3, -0.25) is 4.79 Å². The summed E-state index contributed by atoms with van der Waals surface area (Å²) in [4.78, 5) is 12.2. The summed E-state index contributed by atoms with van der Waals surface area (Å²) in [5.41, 5.74) is 0. The highest BCUT2D eigenvalue weighted by Crippen LogP contribution is 2.20. The summed E-state index contributed by atoms with van der Waals surface area (Å²) in [5.74, 6) is 0.543. The molecule has 0 aromatic rings. The molecule has 0 saturated carbocycles. The first kappa shape index (κ1) is 30.4. The van der Waals surface area contributed by atoms with E-state index in [0.717, 1.165) is 38.8 Å². The molecule has 0 atom stereocenters. The SMILES string of the molecule is CCCCCCCCC(CCCCCCCC)COC(=O)CCCCCNCCCO. The van der Waals surface area contributed by atoms with Crippen LogP contribution in [0, 0.1) is 5.92 Å². The van der Waals surface area contributed by atoms with Crippen molar-refractivity contribution < 1.29 is 14.6 Å². The van der Waals surface area contributed by atoms with Crippen LogP contribution in [0.5, 0.6) is 0 Å². The lowest BCUT2D eigenvalue weighted by Gasteiger charge is -2.17. The van der Waals surface area contributed by atoms with Gasteiger partial charge in [-0.25, -0.2) is 0 Å². The number of rotatable bonds is 25. The van der Waals surface area contributed by atoms with E-state index in [4.69, 9.17) is 9.84 Å². The van der Waals surface area contributed by atoms with E-state index in [1.54, 1.807) is 0 Å². The van der Waals surface area contributed by atoms with Crippen LogP contribution >= 0.6 is 0 Å². The zero-order chi connectivity index (χ0) is 22.8. The first-order valence-electron chi connectivity index (χ1n) is 13.7. The highest BCUT2D eigenvalue weighted by atomic mass is 16.5. The number of hydrogen-bond donors (Lipinski definition) is 2. The average molecular weight is 442 g/mol.